The average Bonchev–Trinajstić information content (AvgIpc) is 2.83. The van der Waals surface area contributed by atoms with E-state index in [0.717, 1.165) is 16.8 Å². The Morgan fingerprint density at radius 3 is 2.37 bits per heavy atom. The summed E-state index contributed by atoms with van der Waals surface area (Å²) in [6.07, 6.45) is 3.53. The van der Waals surface area contributed by atoms with Crippen molar-refractivity contribution < 1.29 is 4.79 Å². The molecule has 4 aromatic rings. The van der Waals surface area contributed by atoms with Crippen LogP contribution in [0, 0.1) is 0 Å². The minimum Gasteiger partial charge on any atom is -0.366 e. The smallest absolute Gasteiger partial charge is 0.276 e. The second-order valence-corrected chi connectivity index (χ2v) is 6.74. The number of carbonyl (C=O) groups excluding carboxylic acids is 1. The van der Waals surface area contributed by atoms with Gasteiger partial charge in [-0.3, -0.25) is 9.78 Å². The number of hydrogen-bond acceptors (Lipinski definition) is 5. The van der Waals surface area contributed by atoms with Crippen molar-refractivity contribution >= 4 is 17.4 Å². The quantitative estimate of drug-likeness (QED) is 0.523. The standard InChI is InChI=1S/C24H21N5O/c1-29(20-12-6-3-7-13-20)24(30)21-15-22(26-17-18-9-8-14-25-16-18)28-23(27-21)19-10-4-2-5-11-19/h2-16H,17H2,1H3,(H,26,27,28). The normalized spacial score (nSPS) is 10.4. The lowest BCUT2D eigenvalue weighted by atomic mass is 10.2. The Balaban J connectivity index is 1.67. The number of nitrogens with zero attached hydrogens (tertiary/aromatic N) is 4. The van der Waals surface area contributed by atoms with Crippen molar-refractivity contribution in [3.8, 4) is 11.4 Å². The third-order valence-electron chi connectivity index (χ3n) is 4.62. The molecule has 0 unspecified atom stereocenters. The first-order valence-corrected chi connectivity index (χ1v) is 9.61. The lowest BCUT2D eigenvalue weighted by molar-refractivity contribution is 0.0988. The van der Waals surface area contributed by atoms with Gasteiger partial charge in [0.05, 0.1) is 0 Å². The maximum Gasteiger partial charge on any atom is 0.276 e. The van der Waals surface area contributed by atoms with E-state index in [1.165, 1.54) is 0 Å². The molecule has 0 fully saturated rings. The van der Waals surface area contributed by atoms with Gasteiger partial charge in [0.25, 0.3) is 5.91 Å². The van der Waals surface area contributed by atoms with Crippen LogP contribution in [0.2, 0.25) is 0 Å². The predicted molar refractivity (Wildman–Crippen MR) is 118 cm³/mol. The SMILES string of the molecule is CN(C(=O)c1cc(NCc2cccnc2)nc(-c2ccccc2)n1)c1ccccc1. The first kappa shape index (κ1) is 19.3. The van der Waals surface area contributed by atoms with E-state index < -0.39 is 0 Å². The number of rotatable bonds is 6. The van der Waals surface area contributed by atoms with Gasteiger partial charge < -0.3 is 10.2 Å². The van der Waals surface area contributed by atoms with Gasteiger partial charge in [-0.1, -0.05) is 54.6 Å². The van der Waals surface area contributed by atoms with Crippen LogP contribution >= 0.6 is 0 Å². The summed E-state index contributed by atoms with van der Waals surface area (Å²) < 4.78 is 0. The Bertz CT molecular complexity index is 1120. The van der Waals surface area contributed by atoms with Gasteiger partial charge in [-0.15, -0.1) is 0 Å². The lowest BCUT2D eigenvalue weighted by Gasteiger charge is -2.18. The summed E-state index contributed by atoms with van der Waals surface area (Å²) in [5, 5.41) is 3.28. The van der Waals surface area contributed by atoms with E-state index in [1.54, 1.807) is 30.4 Å². The van der Waals surface area contributed by atoms with Gasteiger partial charge in [0.1, 0.15) is 11.5 Å². The van der Waals surface area contributed by atoms with Crippen LogP contribution in [0.3, 0.4) is 0 Å². The lowest BCUT2D eigenvalue weighted by Crippen LogP contribution is -2.27. The molecule has 0 bridgehead atoms. The van der Waals surface area contributed by atoms with E-state index in [2.05, 4.69) is 20.3 Å². The predicted octanol–water partition coefficient (Wildman–Crippen LogP) is 4.43. The number of amides is 1. The van der Waals surface area contributed by atoms with E-state index in [9.17, 15) is 4.79 Å². The molecule has 1 amide bonds. The van der Waals surface area contributed by atoms with E-state index in [-0.39, 0.29) is 5.91 Å². The highest BCUT2D eigenvalue weighted by Gasteiger charge is 2.18. The van der Waals surface area contributed by atoms with Crippen LogP contribution in [-0.2, 0) is 6.54 Å². The van der Waals surface area contributed by atoms with Crippen molar-refractivity contribution in [1.29, 1.82) is 0 Å². The molecule has 148 valence electrons. The summed E-state index contributed by atoms with van der Waals surface area (Å²) in [6, 6.07) is 24.7. The van der Waals surface area contributed by atoms with Crippen LogP contribution in [0.4, 0.5) is 11.5 Å². The number of hydrogen-bond donors (Lipinski definition) is 1. The molecule has 4 rings (SSSR count). The monoisotopic (exact) mass is 395 g/mol. The van der Waals surface area contributed by atoms with Crippen LogP contribution in [0.25, 0.3) is 11.4 Å². The average molecular weight is 395 g/mol. The Kier molecular flexibility index (Phi) is 5.75. The molecule has 2 heterocycles. The van der Waals surface area contributed by atoms with Crippen LogP contribution in [-0.4, -0.2) is 27.9 Å². The molecule has 6 heteroatoms. The van der Waals surface area contributed by atoms with Crippen molar-refractivity contribution in [2.45, 2.75) is 6.54 Å². The van der Waals surface area contributed by atoms with E-state index >= 15 is 0 Å². The fourth-order valence-corrected chi connectivity index (χ4v) is 3.00. The summed E-state index contributed by atoms with van der Waals surface area (Å²) in [4.78, 5) is 28.0. The molecule has 0 atom stereocenters. The van der Waals surface area contributed by atoms with Crippen LogP contribution in [0.15, 0.2) is 91.3 Å². The van der Waals surface area contributed by atoms with Crippen molar-refractivity contribution in [2.75, 3.05) is 17.3 Å². The zero-order valence-electron chi connectivity index (χ0n) is 16.6. The number of anilines is 2. The topological polar surface area (TPSA) is 71.0 Å². The van der Waals surface area contributed by atoms with Crippen LogP contribution < -0.4 is 10.2 Å². The largest absolute Gasteiger partial charge is 0.366 e. The van der Waals surface area contributed by atoms with Gasteiger partial charge in [0.2, 0.25) is 0 Å². The van der Waals surface area contributed by atoms with Gasteiger partial charge in [-0.2, -0.15) is 0 Å². The summed E-state index contributed by atoms with van der Waals surface area (Å²) in [7, 11) is 1.74. The fraction of sp³-hybridized carbons (Fsp3) is 0.0833. The minimum atomic E-state index is -0.204. The molecule has 0 aliphatic heterocycles. The molecule has 0 saturated heterocycles. The Labute approximate surface area is 175 Å². The zero-order chi connectivity index (χ0) is 20.8. The molecule has 1 N–H and O–H groups in total. The Morgan fingerprint density at radius 2 is 1.67 bits per heavy atom. The van der Waals surface area contributed by atoms with Gasteiger partial charge in [-0.25, -0.2) is 9.97 Å². The Morgan fingerprint density at radius 1 is 0.933 bits per heavy atom. The van der Waals surface area contributed by atoms with Crippen LogP contribution in [0.5, 0.6) is 0 Å². The van der Waals surface area contributed by atoms with E-state index in [0.29, 0.717) is 23.9 Å². The summed E-state index contributed by atoms with van der Waals surface area (Å²) in [5.74, 6) is 0.874. The third-order valence-corrected chi connectivity index (χ3v) is 4.62. The number of aromatic nitrogens is 3. The zero-order valence-corrected chi connectivity index (χ0v) is 16.6. The number of nitrogens with one attached hydrogen (secondary N) is 1. The van der Waals surface area contributed by atoms with Crippen molar-refractivity contribution in [3.63, 3.8) is 0 Å². The first-order chi connectivity index (χ1) is 14.7. The Hall–Kier alpha value is -4.06. The highest BCUT2D eigenvalue weighted by Crippen LogP contribution is 2.21. The van der Waals surface area contributed by atoms with Gasteiger partial charge >= 0.3 is 0 Å². The number of carbonyl (C=O) groups is 1. The molecular formula is C24H21N5O. The second-order valence-electron chi connectivity index (χ2n) is 6.74. The van der Waals surface area contributed by atoms with Crippen molar-refractivity contribution in [1.82, 2.24) is 15.0 Å². The van der Waals surface area contributed by atoms with E-state index in [4.69, 9.17) is 0 Å². The van der Waals surface area contributed by atoms with Crippen LogP contribution in [0.1, 0.15) is 16.1 Å². The van der Waals surface area contributed by atoms with Crippen molar-refractivity contribution in [3.05, 3.63) is 103 Å². The number of pyridine rings is 1. The van der Waals surface area contributed by atoms with Gasteiger partial charge in [-0.05, 0) is 23.8 Å². The molecule has 2 aromatic carbocycles. The highest BCUT2D eigenvalue weighted by molar-refractivity contribution is 6.05. The third kappa shape index (κ3) is 4.50. The number of para-hydroxylation sites is 1. The molecule has 0 aliphatic rings. The molecule has 0 aliphatic carbocycles. The molecule has 6 nitrogen and oxygen atoms in total. The molecule has 0 spiro atoms. The fourth-order valence-electron chi connectivity index (χ4n) is 3.00. The van der Waals surface area contributed by atoms with Gasteiger partial charge in [0.15, 0.2) is 5.82 Å². The number of benzene rings is 2. The second kappa shape index (κ2) is 8.96. The maximum atomic E-state index is 13.2. The molecule has 2 aromatic heterocycles. The molecule has 0 saturated carbocycles. The molecule has 0 radical (unpaired) electrons. The first-order valence-electron chi connectivity index (χ1n) is 9.61. The summed E-state index contributed by atoms with van der Waals surface area (Å²) in [6.45, 7) is 0.543. The highest BCUT2D eigenvalue weighted by atomic mass is 16.2. The minimum absolute atomic E-state index is 0.204. The van der Waals surface area contributed by atoms with E-state index in [1.807, 2.05) is 72.8 Å². The summed E-state index contributed by atoms with van der Waals surface area (Å²) >= 11 is 0. The van der Waals surface area contributed by atoms with Crippen molar-refractivity contribution in [2.24, 2.45) is 0 Å². The summed E-state index contributed by atoms with van der Waals surface area (Å²) in [5.41, 5.74) is 2.99. The van der Waals surface area contributed by atoms with Gasteiger partial charge in [0, 0.05) is 43.3 Å². The molecule has 30 heavy (non-hydrogen) atoms. The molecular weight excluding hydrogens is 374 g/mol. The maximum absolute atomic E-state index is 13.2.